The Morgan fingerprint density at radius 3 is 2.16 bits per heavy atom. The first kappa shape index (κ1) is 23.3. The van der Waals surface area contributed by atoms with Gasteiger partial charge in [0.2, 0.25) is 5.91 Å². The van der Waals surface area contributed by atoms with Gasteiger partial charge in [0.05, 0.1) is 23.7 Å². The van der Waals surface area contributed by atoms with E-state index in [4.69, 9.17) is 4.74 Å². The topological polar surface area (TPSA) is 75.7 Å². The molecule has 0 spiro atoms. The highest BCUT2D eigenvalue weighted by Gasteiger charge is 2.27. The summed E-state index contributed by atoms with van der Waals surface area (Å²) < 4.78 is 46.1. The van der Waals surface area contributed by atoms with Gasteiger partial charge < -0.3 is 10.1 Å². The van der Waals surface area contributed by atoms with Crippen LogP contribution in [0.2, 0.25) is 0 Å². The molecule has 0 saturated heterocycles. The molecule has 0 unspecified atom stereocenters. The van der Waals surface area contributed by atoms with Gasteiger partial charge in [0.1, 0.15) is 18.1 Å². The molecule has 0 aromatic heterocycles. The summed E-state index contributed by atoms with van der Waals surface area (Å²) in [5.74, 6) is -0.320. The zero-order valence-electron chi connectivity index (χ0n) is 18.1. The van der Waals surface area contributed by atoms with Crippen molar-refractivity contribution in [3.63, 3.8) is 0 Å². The summed E-state index contributed by atoms with van der Waals surface area (Å²) in [6.45, 7) is 3.26. The maximum Gasteiger partial charge on any atom is 0.264 e. The van der Waals surface area contributed by atoms with Gasteiger partial charge in [-0.25, -0.2) is 12.8 Å². The number of ether oxygens (including phenoxy) is 1. The number of hydrogen-bond acceptors (Lipinski definition) is 4. The van der Waals surface area contributed by atoms with Crippen LogP contribution in [0, 0.1) is 12.7 Å². The predicted octanol–water partition coefficient (Wildman–Crippen LogP) is 4.22. The summed E-state index contributed by atoms with van der Waals surface area (Å²) in [4.78, 5) is 12.7. The van der Waals surface area contributed by atoms with E-state index in [2.05, 4.69) is 5.32 Å². The van der Waals surface area contributed by atoms with E-state index in [1.54, 1.807) is 43.5 Å². The number of nitrogens with zero attached hydrogens (tertiary/aromatic N) is 1. The van der Waals surface area contributed by atoms with Crippen LogP contribution in [-0.4, -0.2) is 28.0 Å². The Labute approximate surface area is 187 Å². The lowest BCUT2D eigenvalue weighted by atomic mass is 10.1. The van der Waals surface area contributed by atoms with Crippen LogP contribution in [0.15, 0.2) is 77.7 Å². The first-order valence-electron chi connectivity index (χ1n) is 9.99. The third-order valence-corrected chi connectivity index (χ3v) is 6.79. The highest BCUT2D eigenvalue weighted by atomic mass is 32.2. The van der Waals surface area contributed by atoms with Gasteiger partial charge in [0.25, 0.3) is 10.0 Å². The van der Waals surface area contributed by atoms with Crippen molar-refractivity contribution < 1.29 is 22.3 Å². The molecule has 3 aromatic rings. The molecule has 168 valence electrons. The third-order valence-electron chi connectivity index (χ3n) is 5.00. The summed E-state index contributed by atoms with van der Waals surface area (Å²) in [7, 11) is -2.53. The molecule has 0 fully saturated rings. The number of sulfonamides is 1. The molecule has 0 saturated carbocycles. The van der Waals surface area contributed by atoms with Crippen LogP contribution in [0.4, 0.5) is 10.1 Å². The van der Waals surface area contributed by atoms with Crippen LogP contribution >= 0.6 is 0 Å². The second kappa shape index (κ2) is 9.82. The van der Waals surface area contributed by atoms with Crippen molar-refractivity contribution in [3.8, 4) is 5.75 Å². The van der Waals surface area contributed by atoms with Gasteiger partial charge in [0.15, 0.2) is 0 Å². The van der Waals surface area contributed by atoms with Gasteiger partial charge in [-0.2, -0.15) is 0 Å². The van der Waals surface area contributed by atoms with Crippen molar-refractivity contribution in [1.82, 2.24) is 5.32 Å². The summed E-state index contributed by atoms with van der Waals surface area (Å²) in [5, 5.41) is 2.83. The van der Waals surface area contributed by atoms with E-state index in [1.165, 1.54) is 12.1 Å². The Morgan fingerprint density at radius 2 is 1.59 bits per heavy atom. The minimum atomic E-state index is -4.10. The number of rotatable bonds is 8. The Balaban J connectivity index is 1.85. The fourth-order valence-corrected chi connectivity index (χ4v) is 4.57. The van der Waals surface area contributed by atoms with Crippen LogP contribution in [0.3, 0.4) is 0 Å². The van der Waals surface area contributed by atoms with E-state index in [0.29, 0.717) is 11.4 Å². The van der Waals surface area contributed by atoms with Crippen LogP contribution < -0.4 is 14.4 Å². The van der Waals surface area contributed by atoms with Crippen molar-refractivity contribution in [1.29, 1.82) is 0 Å². The molecule has 3 rings (SSSR count). The standard InChI is InChI=1S/C24H25FN2O4S/c1-17-4-10-21(11-5-17)27(32(29,30)23-14-8-20(25)9-15-23)16-24(28)26-18(2)19-6-12-22(31-3)13-7-19/h4-15,18H,16H2,1-3H3,(H,26,28)/t18-/m1/s1. The molecule has 0 aliphatic rings. The monoisotopic (exact) mass is 456 g/mol. The van der Waals surface area contributed by atoms with Gasteiger partial charge in [-0.05, 0) is 67.9 Å². The van der Waals surface area contributed by atoms with Gasteiger partial charge in [-0.1, -0.05) is 29.8 Å². The van der Waals surface area contributed by atoms with Crippen LogP contribution in [0.25, 0.3) is 0 Å². The third kappa shape index (κ3) is 5.45. The number of methoxy groups -OCH3 is 1. The number of nitrogens with one attached hydrogen (secondary N) is 1. The van der Waals surface area contributed by atoms with Crippen molar-refractivity contribution >= 4 is 21.6 Å². The van der Waals surface area contributed by atoms with E-state index >= 15 is 0 Å². The zero-order chi connectivity index (χ0) is 23.3. The fraction of sp³-hybridized carbons (Fsp3) is 0.208. The molecule has 0 aliphatic carbocycles. The quantitative estimate of drug-likeness (QED) is 0.551. The molecule has 0 aliphatic heterocycles. The average molecular weight is 457 g/mol. The number of hydrogen-bond donors (Lipinski definition) is 1. The maximum atomic E-state index is 13.3. The second-order valence-corrected chi connectivity index (χ2v) is 9.23. The highest BCUT2D eigenvalue weighted by Crippen LogP contribution is 2.25. The molecular weight excluding hydrogens is 431 g/mol. The number of anilines is 1. The predicted molar refractivity (Wildman–Crippen MR) is 122 cm³/mol. The Bertz CT molecular complexity index is 1160. The number of halogens is 1. The number of carbonyl (C=O) groups is 1. The van der Waals surface area contributed by atoms with Crippen molar-refractivity contribution in [2.45, 2.75) is 24.8 Å². The first-order valence-corrected chi connectivity index (χ1v) is 11.4. The molecule has 1 N–H and O–H groups in total. The molecule has 1 atom stereocenters. The lowest BCUT2D eigenvalue weighted by Gasteiger charge is -2.25. The molecule has 6 nitrogen and oxygen atoms in total. The smallest absolute Gasteiger partial charge is 0.264 e. The summed E-state index contributed by atoms with van der Waals surface area (Å²) in [6, 6.07) is 18.2. The van der Waals surface area contributed by atoms with E-state index in [1.807, 2.05) is 26.0 Å². The summed E-state index contributed by atoms with van der Waals surface area (Å²) in [6.07, 6.45) is 0. The lowest BCUT2D eigenvalue weighted by Crippen LogP contribution is -2.41. The SMILES string of the molecule is COc1ccc([C@@H](C)NC(=O)CN(c2ccc(C)cc2)S(=O)(=O)c2ccc(F)cc2)cc1. The minimum absolute atomic E-state index is 0.101. The second-order valence-electron chi connectivity index (χ2n) is 7.36. The molecule has 0 radical (unpaired) electrons. The normalized spacial score (nSPS) is 12.1. The maximum absolute atomic E-state index is 13.3. The number of carbonyl (C=O) groups excluding carboxylic acids is 1. The Kier molecular flexibility index (Phi) is 7.15. The average Bonchev–Trinajstić information content (AvgIpc) is 2.78. The molecule has 0 bridgehead atoms. The first-order chi connectivity index (χ1) is 15.2. The van der Waals surface area contributed by atoms with Crippen molar-refractivity contribution in [3.05, 3.63) is 89.7 Å². The fourth-order valence-electron chi connectivity index (χ4n) is 3.15. The highest BCUT2D eigenvalue weighted by molar-refractivity contribution is 7.92. The number of amides is 1. The zero-order valence-corrected chi connectivity index (χ0v) is 18.9. The molecule has 0 heterocycles. The van der Waals surface area contributed by atoms with Crippen LogP contribution in [-0.2, 0) is 14.8 Å². The van der Waals surface area contributed by atoms with Crippen LogP contribution in [0.1, 0.15) is 24.1 Å². The Hall–Kier alpha value is -3.39. The van der Waals surface area contributed by atoms with Gasteiger partial charge in [0, 0.05) is 0 Å². The minimum Gasteiger partial charge on any atom is -0.497 e. The van der Waals surface area contributed by atoms with Gasteiger partial charge in [-0.3, -0.25) is 9.10 Å². The van der Waals surface area contributed by atoms with Crippen molar-refractivity contribution in [2.24, 2.45) is 0 Å². The summed E-state index contributed by atoms with van der Waals surface area (Å²) in [5.41, 5.74) is 2.14. The molecular formula is C24H25FN2O4S. The van der Waals surface area contributed by atoms with Gasteiger partial charge >= 0.3 is 0 Å². The van der Waals surface area contributed by atoms with Gasteiger partial charge in [-0.15, -0.1) is 0 Å². The molecule has 3 aromatic carbocycles. The molecule has 32 heavy (non-hydrogen) atoms. The van der Waals surface area contributed by atoms with E-state index < -0.39 is 28.3 Å². The summed E-state index contributed by atoms with van der Waals surface area (Å²) >= 11 is 0. The number of aryl methyl sites for hydroxylation is 1. The van der Waals surface area contributed by atoms with Crippen LogP contribution in [0.5, 0.6) is 5.75 Å². The van der Waals surface area contributed by atoms with E-state index in [0.717, 1.165) is 27.6 Å². The van der Waals surface area contributed by atoms with E-state index in [9.17, 15) is 17.6 Å². The molecule has 8 heteroatoms. The largest absolute Gasteiger partial charge is 0.497 e. The lowest BCUT2D eigenvalue weighted by molar-refractivity contribution is -0.120. The molecule has 1 amide bonds. The Morgan fingerprint density at radius 1 is 1.00 bits per heavy atom. The van der Waals surface area contributed by atoms with E-state index in [-0.39, 0.29) is 10.9 Å². The number of benzene rings is 3. The van der Waals surface area contributed by atoms with Crippen molar-refractivity contribution in [2.75, 3.05) is 18.0 Å².